The van der Waals surface area contributed by atoms with Crippen molar-refractivity contribution in [3.63, 3.8) is 0 Å². The van der Waals surface area contributed by atoms with Crippen LogP contribution in [0.4, 0.5) is 70.2 Å². The normalized spacial score (nSPS) is 16.5. The van der Waals surface area contributed by atoms with Gasteiger partial charge in [-0.1, -0.05) is 0 Å². The smallest absolute Gasteiger partial charge is 0.303 e. The maximum Gasteiger partial charge on any atom is 0.474 e. The first-order valence-electron chi connectivity index (χ1n) is 5.84. The average Bonchev–Trinajstić information content (AvgIpc) is 2.43. The van der Waals surface area contributed by atoms with E-state index in [4.69, 9.17) is 9.79 Å². The molecule has 0 fully saturated rings. The van der Waals surface area contributed by atoms with Crippen LogP contribution in [0, 0.1) is 0 Å². The van der Waals surface area contributed by atoms with Gasteiger partial charge in [0.2, 0.25) is 0 Å². The van der Waals surface area contributed by atoms with Gasteiger partial charge in [0, 0.05) is 0 Å². The molecule has 0 aliphatic carbocycles. The second-order valence-electron chi connectivity index (χ2n) is 4.89. The van der Waals surface area contributed by atoms with Crippen LogP contribution in [-0.2, 0) is 9.09 Å². The van der Waals surface area contributed by atoms with Gasteiger partial charge in [0.15, 0.2) is 0 Å². The monoisotopic (exact) mass is 498 g/mol. The number of phosphoric acid groups is 1. The molecule has 0 aromatic rings. The van der Waals surface area contributed by atoms with E-state index >= 15 is 0 Å². The standard InChI is InChI=1S/C8H3F16O4P/c9-1(10)2(11,12)3(13,14)4(15,16)5(17,18)6(19,20)7(21,22)8(23,24)28-29(25,26)27/h1H,(H2,25,26,27). The summed E-state index contributed by atoms with van der Waals surface area (Å²) in [6, 6.07) is 0. The number of hydrogen-bond donors (Lipinski definition) is 2. The van der Waals surface area contributed by atoms with Crippen LogP contribution < -0.4 is 0 Å². The van der Waals surface area contributed by atoms with Crippen LogP contribution in [-0.4, -0.2) is 57.9 Å². The molecule has 0 rings (SSSR count). The lowest BCUT2D eigenvalue weighted by Gasteiger charge is -2.42. The molecule has 0 unspecified atom stereocenters. The largest absolute Gasteiger partial charge is 0.474 e. The molecule has 4 nitrogen and oxygen atoms in total. The van der Waals surface area contributed by atoms with E-state index in [1.165, 1.54) is 0 Å². The van der Waals surface area contributed by atoms with Gasteiger partial charge in [0.25, 0.3) is 0 Å². The van der Waals surface area contributed by atoms with E-state index in [0.29, 0.717) is 0 Å². The van der Waals surface area contributed by atoms with Crippen LogP contribution >= 0.6 is 7.82 Å². The minimum absolute atomic E-state index is 1.74. The Morgan fingerprint density at radius 3 is 1.14 bits per heavy atom. The summed E-state index contributed by atoms with van der Waals surface area (Å²) >= 11 is 0. The summed E-state index contributed by atoms with van der Waals surface area (Å²) in [5, 5.41) is 0. The van der Waals surface area contributed by atoms with Crippen molar-refractivity contribution in [1.82, 2.24) is 0 Å². The van der Waals surface area contributed by atoms with Crippen LogP contribution in [0.5, 0.6) is 0 Å². The van der Waals surface area contributed by atoms with Gasteiger partial charge in [-0.3, -0.25) is 0 Å². The Labute approximate surface area is 146 Å². The van der Waals surface area contributed by atoms with E-state index < -0.39 is 55.9 Å². The van der Waals surface area contributed by atoms with Gasteiger partial charge in [0.1, 0.15) is 0 Å². The molecule has 0 heterocycles. The number of phosphoric ester groups is 1. The van der Waals surface area contributed by atoms with E-state index in [-0.39, 0.29) is 0 Å². The summed E-state index contributed by atoms with van der Waals surface area (Å²) in [6.07, 6.45) is -13.5. The van der Waals surface area contributed by atoms with Crippen LogP contribution in [0.25, 0.3) is 0 Å². The molecule has 0 saturated heterocycles. The zero-order chi connectivity index (χ0) is 24.3. The quantitative estimate of drug-likeness (QED) is 0.356. The van der Waals surface area contributed by atoms with Crippen molar-refractivity contribution in [2.24, 2.45) is 0 Å². The van der Waals surface area contributed by atoms with Crippen LogP contribution in [0.15, 0.2) is 0 Å². The van der Waals surface area contributed by atoms with E-state index in [9.17, 15) is 74.8 Å². The lowest BCUT2D eigenvalue weighted by Crippen LogP contribution is -2.73. The molecule has 0 aromatic heterocycles. The summed E-state index contributed by atoms with van der Waals surface area (Å²) in [4.78, 5) is 15.7. The van der Waals surface area contributed by atoms with Crippen molar-refractivity contribution in [3.05, 3.63) is 0 Å². The summed E-state index contributed by atoms with van der Waals surface area (Å²) in [7, 11) is -6.98. The Morgan fingerprint density at radius 1 is 0.586 bits per heavy atom. The second kappa shape index (κ2) is 7.01. The number of halogens is 16. The lowest BCUT2D eigenvalue weighted by atomic mass is 9.91. The average molecular weight is 498 g/mol. The molecule has 0 aromatic carbocycles. The molecule has 29 heavy (non-hydrogen) atoms. The molecule has 0 saturated carbocycles. The minimum atomic E-state index is -8.66. The molecule has 21 heteroatoms. The van der Waals surface area contributed by atoms with Crippen LogP contribution in [0.3, 0.4) is 0 Å². The zero-order valence-electron chi connectivity index (χ0n) is 12.3. The van der Waals surface area contributed by atoms with E-state index in [1.807, 2.05) is 0 Å². The van der Waals surface area contributed by atoms with Gasteiger partial charge in [-0.2, -0.15) is 61.5 Å². The van der Waals surface area contributed by atoms with Gasteiger partial charge in [0.05, 0.1) is 0 Å². The highest BCUT2D eigenvalue weighted by atomic mass is 31.2. The van der Waals surface area contributed by atoms with Gasteiger partial charge in [-0.15, -0.1) is 0 Å². The van der Waals surface area contributed by atoms with Crippen LogP contribution in [0.1, 0.15) is 0 Å². The summed E-state index contributed by atoms with van der Waals surface area (Å²) in [5.74, 6) is -49.8. The number of alkyl halides is 16. The molecule has 0 aliphatic rings. The summed E-state index contributed by atoms with van der Waals surface area (Å²) in [5.41, 5.74) is 0. The molecule has 0 atom stereocenters. The highest BCUT2D eigenvalue weighted by molar-refractivity contribution is 7.46. The van der Waals surface area contributed by atoms with Gasteiger partial charge >= 0.3 is 55.9 Å². The van der Waals surface area contributed by atoms with Crippen molar-refractivity contribution < 1.29 is 89.1 Å². The van der Waals surface area contributed by atoms with Crippen molar-refractivity contribution in [1.29, 1.82) is 0 Å². The van der Waals surface area contributed by atoms with E-state index in [2.05, 4.69) is 0 Å². The molecule has 0 aliphatic heterocycles. The van der Waals surface area contributed by atoms with Crippen molar-refractivity contribution in [3.8, 4) is 0 Å². The van der Waals surface area contributed by atoms with E-state index in [0.717, 1.165) is 0 Å². The Hall–Kier alpha value is -1.01. The second-order valence-corrected chi connectivity index (χ2v) is 6.06. The fourth-order valence-corrected chi connectivity index (χ4v) is 1.74. The van der Waals surface area contributed by atoms with Gasteiger partial charge < -0.3 is 9.79 Å². The highest BCUT2D eigenvalue weighted by Crippen LogP contribution is 2.64. The van der Waals surface area contributed by atoms with Gasteiger partial charge in [-0.25, -0.2) is 17.9 Å². The third kappa shape index (κ3) is 3.99. The van der Waals surface area contributed by atoms with Gasteiger partial charge in [-0.05, 0) is 0 Å². The molecule has 0 radical (unpaired) electrons. The fraction of sp³-hybridized carbons (Fsp3) is 1.00. The lowest BCUT2D eigenvalue weighted by molar-refractivity contribution is -0.462. The molecule has 0 amide bonds. The maximum atomic E-state index is 13.1. The Morgan fingerprint density at radius 2 is 0.862 bits per heavy atom. The summed E-state index contributed by atoms with van der Waals surface area (Å²) in [6.45, 7) is 0. The molecule has 0 spiro atoms. The van der Waals surface area contributed by atoms with Crippen LogP contribution in [0.2, 0.25) is 0 Å². The SMILES string of the molecule is O=P(O)(O)OC(F)(F)C(F)(F)C(F)(F)C(F)(F)C(F)(F)C(F)(F)C(F)(F)C(F)F. The highest BCUT2D eigenvalue weighted by Gasteiger charge is 2.94. The Bertz CT molecular complexity index is 653. The first-order chi connectivity index (χ1) is 12.2. The predicted molar refractivity (Wildman–Crippen MR) is 53.8 cm³/mol. The Kier molecular flexibility index (Phi) is 6.77. The third-order valence-electron chi connectivity index (χ3n) is 2.87. The summed E-state index contributed by atoms with van der Waals surface area (Å²) < 4.78 is 216. The number of hydrogen-bond acceptors (Lipinski definition) is 2. The number of rotatable bonds is 9. The first-order valence-corrected chi connectivity index (χ1v) is 7.37. The van der Waals surface area contributed by atoms with Crippen molar-refractivity contribution in [2.75, 3.05) is 0 Å². The predicted octanol–water partition coefficient (Wildman–Crippen LogP) is 4.77. The Balaban J connectivity index is 6.63. The van der Waals surface area contributed by atoms with Crippen molar-refractivity contribution in [2.45, 2.75) is 48.1 Å². The molecule has 2 N–H and O–H groups in total. The molecule has 0 bridgehead atoms. The van der Waals surface area contributed by atoms with Crippen molar-refractivity contribution >= 4 is 7.82 Å². The first kappa shape index (κ1) is 28.0. The molecular formula is C8H3F16O4P. The maximum absolute atomic E-state index is 13.1. The van der Waals surface area contributed by atoms with E-state index in [1.54, 1.807) is 4.52 Å². The fourth-order valence-electron chi connectivity index (χ4n) is 1.33. The topological polar surface area (TPSA) is 66.8 Å². The minimum Gasteiger partial charge on any atom is -0.303 e. The zero-order valence-corrected chi connectivity index (χ0v) is 13.2. The molecule has 176 valence electrons. The third-order valence-corrected chi connectivity index (χ3v) is 3.34. The molecular weight excluding hydrogens is 495 g/mol.